The van der Waals surface area contributed by atoms with Crippen LogP contribution in [0.25, 0.3) is 86.9 Å². The Balaban J connectivity index is 1.39. The Bertz CT molecular complexity index is 3470. The summed E-state index contributed by atoms with van der Waals surface area (Å²) in [6.45, 7) is 43.3. The normalized spacial score (nSPS) is 12.9. The number of rotatable bonds is 4. The Kier molecular flexibility index (Phi) is 10.7. The van der Waals surface area contributed by atoms with E-state index in [2.05, 4.69) is 181 Å². The number of hydrogen-bond donors (Lipinski definition) is 0. The molecule has 0 aliphatic carbocycles. The summed E-state index contributed by atoms with van der Waals surface area (Å²) in [5.41, 5.74) is 11.9. The summed E-state index contributed by atoms with van der Waals surface area (Å²) in [4.78, 5) is 7.74. The van der Waals surface area contributed by atoms with Gasteiger partial charge >= 0.3 is 6.18 Å². The van der Waals surface area contributed by atoms with E-state index in [1.54, 1.807) is 0 Å². The maximum atomic E-state index is 14.0. The first kappa shape index (κ1) is 46.0. The largest absolute Gasteiger partial charge is 0.415 e. The third kappa shape index (κ3) is 7.92. The van der Waals surface area contributed by atoms with E-state index in [1.165, 1.54) is 28.3 Å². The number of aromatic nitrogens is 2. The lowest BCUT2D eigenvalue weighted by atomic mass is 9.85. The van der Waals surface area contributed by atoms with Crippen LogP contribution in [0.1, 0.15) is 111 Å². The molecule has 0 fully saturated rings. The second-order valence-corrected chi connectivity index (χ2v) is 22.5. The van der Waals surface area contributed by atoms with Crippen molar-refractivity contribution in [2.45, 2.75) is 111 Å². The molecular weight excluding hydrogens is 846 g/mol. The molecule has 7 heteroatoms. The molecule has 0 N–H and O–H groups in total. The molecule has 9 rings (SSSR count). The number of fused-ring (bicyclic) bond motifs is 6. The lowest BCUT2D eigenvalue weighted by Gasteiger charge is -2.21. The number of alkyl halides is 3. The standard InChI is InChI=1S/C61H57F3N4/c1-57(2,3)37-17-25-52-46(30-37)47-31-38(58(4,5)6)18-26-53(47)67(52)42-21-23-50(65-13)44(35-42)45-29-36(43-22-16-41(61(62,63)64)34-51(43)66-14)15-24-54(45)68-55-27-19-39(59(7,8)9)32-48(55)49-33-40(60(10,11)12)20-28-56(49)68/h15-35H,1-12H3. The van der Waals surface area contributed by atoms with E-state index < -0.39 is 11.7 Å². The molecule has 0 bridgehead atoms. The van der Waals surface area contributed by atoms with Gasteiger partial charge in [0.25, 0.3) is 0 Å². The summed E-state index contributed by atoms with van der Waals surface area (Å²) in [6.07, 6.45) is -4.61. The predicted molar refractivity (Wildman–Crippen MR) is 278 cm³/mol. The van der Waals surface area contributed by atoms with Gasteiger partial charge < -0.3 is 9.13 Å². The Hall–Kier alpha value is -7.09. The number of halogens is 3. The fourth-order valence-electron chi connectivity index (χ4n) is 9.59. The zero-order valence-electron chi connectivity index (χ0n) is 41.0. The molecule has 0 amide bonds. The van der Waals surface area contributed by atoms with Crippen LogP contribution < -0.4 is 0 Å². The van der Waals surface area contributed by atoms with Crippen LogP contribution in [0.4, 0.5) is 24.5 Å². The lowest BCUT2D eigenvalue weighted by molar-refractivity contribution is -0.137. The Morgan fingerprint density at radius 2 is 0.779 bits per heavy atom. The van der Waals surface area contributed by atoms with E-state index >= 15 is 0 Å². The molecule has 342 valence electrons. The number of hydrogen-bond acceptors (Lipinski definition) is 0. The third-order valence-corrected chi connectivity index (χ3v) is 13.6. The van der Waals surface area contributed by atoms with Crippen LogP contribution in [-0.4, -0.2) is 9.13 Å². The van der Waals surface area contributed by atoms with Gasteiger partial charge in [0.15, 0.2) is 11.4 Å². The first-order valence-electron chi connectivity index (χ1n) is 23.2. The van der Waals surface area contributed by atoms with Gasteiger partial charge in [-0.15, -0.1) is 0 Å². The first-order chi connectivity index (χ1) is 31.8. The van der Waals surface area contributed by atoms with Gasteiger partial charge in [-0.05, 0) is 145 Å². The Morgan fingerprint density at radius 1 is 0.368 bits per heavy atom. The van der Waals surface area contributed by atoms with Crippen LogP contribution in [-0.2, 0) is 27.8 Å². The summed E-state index contributed by atoms with van der Waals surface area (Å²) in [5, 5.41) is 4.47. The minimum absolute atomic E-state index is 0.0777. The van der Waals surface area contributed by atoms with Gasteiger partial charge in [-0.1, -0.05) is 132 Å². The minimum atomic E-state index is -4.61. The van der Waals surface area contributed by atoms with Crippen molar-refractivity contribution < 1.29 is 13.2 Å². The molecule has 0 spiro atoms. The van der Waals surface area contributed by atoms with Crippen molar-refractivity contribution in [2.75, 3.05) is 0 Å². The van der Waals surface area contributed by atoms with Crippen molar-refractivity contribution in [3.8, 4) is 33.6 Å². The van der Waals surface area contributed by atoms with E-state index in [9.17, 15) is 13.2 Å². The second kappa shape index (κ2) is 15.7. The number of benzene rings is 7. The summed E-state index contributed by atoms with van der Waals surface area (Å²) < 4.78 is 46.6. The highest BCUT2D eigenvalue weighted by molar-refractivity contribution is 6.12. The maximum absolute atomic E-state index is 14.0. The molecule has 0 radical (unpaired) electrons. The second-order valence-electron chi connectivity index (χ2n) is 22.5. The molecule has 9 aromatic rings. The van der Waals surface area contributed by atoms with E-state index in [1.807, 2.05) is 30.3 Å². The smallest absolute Gasteiger partial charge is 0.309 e. The lowest BCUT2D eigenvalue weighted by Crippen LogP contribution is -2.10. The highest BCUT2D eigenvalue weighted by Gasteiger charge is 2.31. The van der Waals surface area contributed by atoms with Crippen molar-refractivity contribution in [3.05, 3.63) is 178 Å². The fraction of sp³-hybridized carbons (Fsp3) is 0.279. The average Bonchev–Trinajstić information content (AvgIpc) is 3.78. The topological polar surface area (TPSA) is 18.6 Å². The van der Waals surface area contributed by atoms with Crippen LogP contribution >= 0.6 is 0 Å². The van der Waals surface area contributed by atoms with E-state index in [0.29, 0.717) is 27.9 Å². The molecule has 2 aromatic heterocycles. The summed E-state index contributed by atoms with van der Waals surface area (Å²) >= 11 is 0. The molecule has 0 aliphatic rings. The summed E-state index contributed by atoms with van der Waals surface area (Å²) in [5.74, 6) is 0. The zero-order chi connectivity index (χ0) is 49.0. The van der Waals surface area contributed by atoms with Gasteiger partial charge in [0.2, 0.25) is 0 Å². The maximum Gasteiger partial charge on any atom is 0.415 e. The van der Waals surface area contributed by atoms with E-state index in [4.69, 9.17) is 13.1 Å². The van der Waals surface area contributed by atoms with Crippen LogP contribution in [0, 0.1) is 13.1 Å². The van der Waals surface area contributed by atoms with Crippen LogP contribution in [0.5, 0.6) is 0 Å². The highest BCUT2D eigenvalue weighted by Crippen LogP contribution is 2.46. The van der Waals surface area contributed by atoms with Gasteiger partial charge in [0.1, 0.15) is 0 Å². The molecule has 0 unspecified atom stereocenters. The quantitative estimate of drug-likeness (QED) is 0.157. The molecule has 4 nitrogen and oxygen atoms in total. The van der Waals surface area contributed by atoms with Gasteiger partial charge in [0.05, 0.1) is 40.9 Å². The SMILES string of the molecule is [C-]#[N+]c1cc(C(F)(F)F)ccc1-c1ccc(-n2c3ccc(C(C)(C)C)cc3c3cc(C(C)(C)C)ccc32)c(-c2cc(-n3c4ccc(C(C)(C)C)cc4c4cc(C(C)(C)C)ccc43)ccc2[N+]#[C-])c1. The molecule has 0 saturated carbocycles. The molecule has 0 atom stereocenters. The Morgan fingerprint density at radius 3 is 1.18 bits per heavy atom. The van der Waals surface area contributed by atoms with Gasteiger partial charge in [-0.3, -0.25) is 0 Å². The van der Waals surface area contributed by atoms with Crippen molar-refractivity contribution in [1.29, 1.82) is 0 Å². The van der Waals surface area contributed by atoms with Gasteiger partial charge in [-0.25, -0.2) is 9.69 Å². The van der Waals surface area contributed by atoms with Gasteiger partial charge in [0, 0.05) is 32.8 Å². The predicted octanol–water partition coefficient (Wildman–Crippen LogP) is 18.5. The Labute approximate surface area is 398 Å². The van der Waals surface area contributed by atoms with Crippen LogP contribution in [0.3, 0.4) is 0 Å². The first-order valence-corrected chi connectivity index (χ1v) is 23.2. The summed E-state index contributed by atoms with van der Waals surface area (Å²) in [6, 6.07) is 41.9. The van der Waals surface area contributed by atoms with E-state index in [-0.39, 0.29) is 27.3 Å². The average molecular weight is 903 g/mol. The van der Waals surface area contributed by atoms with Crippen LogP contribution in [0.2, 0.25) is 0 Å². The molecule has 0 saturated heterocycles. The van der Waals surface area contributed by atoms with E-state index in [0.717, 1.165) is 67.1 Å². The number of nitrogens with zero attached hydrogens (tertiary/aromatic N) is 4. The highest BCUT2D eigenvalue weighted by atomic mass is 19.4. The summed E-state index contributed by atoms with van der Waals surface area (Å²) in [7, 11) is 0. The van der Waals surface area contributed by atoms with Crippen molar-refractivity contribution in [1.82, 2.24) is 9.13 Å². The van der Waals surface area contributed by atoms with Crippen LogP contribution in [0.15, 0.2) is 127 Å². The monoisotopic (exact) mass is 902 g/mol. The third-order valence-electron chi connectivity index (χ3n) is 13.6. The molecule has 7 aromatic carbocycles. The minimum Gasteiger partial charge on any atom is -0.309 e. The van der Waals surface area contributed by atoms with Crippen molar-refractivity contribution >= 4 is 55.0 Å². The molecule has 0 aliphatic heterocycles. The van der Waals surface area contributed by atoms with Gasteiger partial charge in [-0.2, -0.15) is 13.2 Å². The van der Waals surface area contributed by atoms with Crippen molar-refractivity contribution in [2.24, 2.45) is 0 Å². The molecule has 68 heavy (non-hydrogen) atoms. The molecule has 2 heterocycles. The zero-order valence-corrected chi connectivity index (χ0v) is 41.0. The fourth-order valence-corrected chi connectivity index (χ4v) is 9.59. The molecular formula is C61H57F3N4. The van der Waals surface area contributed by atoms with Crippen molar-refractivity contribution in [3.63, 3.8) is 0 Å².